The van der Waals surface area contributed by atoms with Gasteiger partial charge in [-0.15, -0.1) is 0 Å². The van der Waals surface area contributed by atoms with Crippen LogP contribution in [-0.2, 0) is 27.3 Å². The number of hydrogen-bond acceptors (Lipinski definition) is 6. The second kappa shape index (κ2) is 15.5. The van der Waals surface area contributed by atoms with Gasteiger partial charge >= 0.3 is 6.18 Å². The number of benzene rings is 3. The Morgan fingerprint density at radius 3 is 2.04 bits per heavy atom. The molecule has 3 unspecified atom stereocenters. The minimum absolute atomic E-state index is 0.0445. The van der Waals surface area contributed by atoms with Gasteiger partial charge in [0.05, 0.1) is 13.2 Å². The summed E-state index contributed by atoms with van der Waals surface area (Å²) in [6.07, 6.45) is -5.24. The summed E-state index contributed by atoms with van der Waals surface area (Å²) in [6, 6.07) is 14.2. The Hall–Kier alpha value is -4.42. The molecule has 0 spiro atoms. The highest BCUT2D eigenvalue weighted by atomic mass is 35.5. The third kappa shape index (κ3) is 9.79. The third-order valence-electron chi connectivity index (χ3n) is 6.93. The maximum absolute atomic E-state index is 13.8. The van der Waals surface area contributed by atoms with Crippen LogP contribution in [0.4, 0.5) is 13.2 Å². The van der Waals surface area contributed by atoms with Crippen LogP contribution in [0.3, 0.4) is 0 Å². The van der Waals surface area contributed by atoms with Crippen molar-refractivity contribution < 1.29 is 37.1 Å². The number of hydrogen-bond donors (Lipinski definition) is 4. The molecule has 0 saturated heterocycles. The lowest BCUT2D eigenvalue weighted by molar-refractivity contribution is -0.175. The summed E-state index contributed by atoms with van der Waals surface area (Å²) in [5.41, 5.74) is 7.44. The van der Waals surface area contributed by atoms with Crippen LogP contribution < -0.4 is 26.4 Å². The number of carbonyl (C=O) groups excluding carboxylic acids is 4. The zero-order valence-electron chi connectivity index (χ0n) is 24.8. The van der Waals surface area contributed by atoms with E-state index in [4.69, 9.17) is 22.1 Å². The van der Waals surface area contributed by atoms with Gasteiger partial charge in [-0.25, -0.2) is 0 Å². The molecule has 0 saturated carbocycles. The van der Waals surface area contributed by atoms with Gasteiger partial charge in [-0.3, -0.25) is 19.2 Å². The minimum atomic E-state index is -5.20. The van der Waals surface area contributed by atoms with Gasteiger partial charge < -0.3 is 26.4 Å². The van der Waals surface area contributed by atoms with Crippen LogP contribution in [-0.4, -0.2) is 48.9 Å². The van der Waals surface area contributed by atoms with Crippen molar-refractivity contribution >= 4 is 35.1 Å². The molecule has 3 amide bonds. The SMILES string of the molecule is COc1ccc(C(NC(=O)C(Cc2cccc(Cl)c2)NC(=O)c2ccc(CN)cc2)C(=O)NC(C(=O)C(F)(F)F)C(C)C)cc1. The van der Waals surface area contributed by atoms with Crippen molar-refractivity contribution in [3.63, 3.8) is 0 Å². The number of carbonyl (C=O) groups is 4. The molecule has 0 fully saturated rings. The summed E-state index contributed by atoms with van der Waals surface area (Å²) in [6.45, 7) is 2.97. The second-order valence-corrected chi connectivity index (χ2v) is 11.0. The quantitative estimate of drug-likeness (QED) is 0.219. The number of rotatable bonds is 13. The maximum Gasteiger partial charge on any atom is 0.452 e. The molecule has 0 radical (unpaired) electrons. The van der Waals surface area contributed by atoms with E-state index < -0.39 is 53.7 Å². The van der Waals surface area contributed by atoms with E-state index in [2.05, 4.69) is 16.0 Å². The third-order valence-corrected chi connectivity index (χ3v) is 7.16. The molecule has 240 valence electrons. The van der Waals surface area contributed by atoms with Crippen LogP contribution in [0.15, 0.2) is 72.8 Å². The Labute approximate surface area is 263 Å². The van der Waals surface area contributed by atoms with E-state index in [-0.39, 0.29) is 24.1 Å². The van der Waals surface area contributed by atoms with Gasteiger partial charge in [-0.1, -0.05) is 61.8 Å². The van der Waals surface area contributed by atoms with E-state index in [9.17, 15) is 32.3 Å². The molecule has 3 aromatic rings. The van der Waals surface area contributed by atoms with Gasteiger partial charge in [-0.05, 0) is 59.0 Å². The Morgan fingerprint density at radius 2 is 1.51 bits per heavy atom. The number of ether oxygens (including phenoxy) is 1. The Morgan fingerprint density at radius 1 is 0.867 bits per heavy atom. The van der Waals surface area contributed by atoms with Crippen LogP contribution in [0.5, 0.6) is 5.75 Å². The summed E-state index contributed by atoms with van der Waals surface area (Å²) >= 11 is 6.13. The number of ketones is 1. The number of Topliss-reactive ketones (excluding diaryl/α,β-unsaturated/α-hetero) is 1. The molecule has 0 heterocycles. The highest BCUT2D eigenvalue weighted by Crippen LogP contribution is 2.24. The average Bonchev–Trinajstić information content (AvgIpc) is 3.01. The fourth-order valence-corrected chi connectivity index (χ4v) is 4.64. The van der Waals surface area contributed by atoms with Crippen molar-refractivity contribution in [3.8, 4) is 5.75 Å². The van der Waals surface area contributed by atoms with Gasteiger partial charge in [0.2, 0.25) is 11.8 Å². The molecule has 13 heteroatoms. The first-order valence-corrected chi connectivity index (χ1v) is 14.3. The lowest BCUT2D eigenvalue weighted by Gasteiger charge is -2.27. The average molecular weight is 647 g/mol. The van der Waals surface area contributed by atoms with Crippen molar-refractivity contribution in [3.05, 3.63) is 100 Å². The standard InChI is InChI=1S/C32H34ClF3N4O5/c1-18(2)26(28(41)32(34,35)36)39-31(44)27(21-11-13-24(45-3)14-12-21)40-30(43)25(16-20-5-4-6-23(33)15-20)38-29(42)22-9-7-19(17-37)8-10-22/h4-15,18,25-27H,16-17,37H2,1-3H3,(H,38,42)(H,39,44)(H,40,43). The second-order valence-electron chi connectivity index (χ2n) is 10.6. The first-order valence-electron chi connectivity index (χ1n) is 13.9. The lowest BCUT2D eigenvalue weighted by atomic mass is 9.97. The van der Waals surface area contributed by atoms with Crippen LogP contribution in [0, 0.1) is 5.92 Å². The summed E-state index contributed by atoms with van der Waals surface area (Å²) < 4.78 is 45.1. The van der Waals surface area contributed by atoms with E-state index in [1.54, 1.807) is 48.5 Å². The first kappa shape index (κ1) is 35.1. The van der Waals surface area contributed by atoms with E-state index in [1.807, 2.05) is 0 Å². The molecule has 0 aliphatic carbocycles. The number of methoxy groups -OCH3 is 1. The summed E-state index contributed by atoms with van der Waals surface area (Å²) in [7, 11) is 1.42. The molecule has 3 atom stereocenters. The largest absolute Gasteiger partial charge is 0.497 e. The highest BCUT2D eigenvalue weighted by molar-refractivity contribution is 6.30. The van der Waals surface area contributed by atoms with Crippen LogP contribution >= 0.6 is 11.6 Å². The summed E-state index contributed by atoms with van der Waals surface area (Å²) in [5, 5.41) is 7.77. The Kier molecular flexibility index (Phi) is 12.1. The maximum atomic E-state index is 13.8. The fraction of sp³-hybridized carbons (Fsp3) is 0.312. The molecule has 45 heavy (non-hydrogen) atoms. The summed E-state index contributed by atoms with van der Waals surface area (Å²) in [4.78, 5) is 52.6. The number of alkyl halides is 3. The van der Waals surface area contributed by atoms with Crippen molar-refractivity contribution in [2.45, 2.75) is 51.1 Å². The van der Waals surface area contributed by atoms with Gasteiger partial charge in [0, 0.05) is 23.6 Å². The van der Waals surface area contributed by atoms with Crippen molar-refractivity contribution in [1.29, 1.82) is 0 Å². The van der Waals surface area contributed by atoms with E-state index >= 15 is 0 Å². The molecule has 0 aliphatic rings. The van der Waals surface area contributed by atoms with E-state index in [0.717, 1.165) is 5.56 Å². The smallest absolute Gasteiger partial charge is 0.452 e. The Balaban J connectivity index is 1.96. The van der Waals surface area contributed by atoms with Gasteiger partial charge in [-0.2, -0.15) is 13.2 Å². The summed E-state index contributed by atoms with van der Waals surface area (Å²) in [5.74, 6) is -5.10. The fourth-order valence-electron chi connectivity index (χ4n) is 4.43. The zero-order valence-corrected chi connectivity index (χ0v) is 25.5. The topological polar surface area (TPSA) is 140 Å². The van der Waals surface area contributed by atoms with Crippen molar-refractivity contribution in [2.75, 3.05) is 7.11 Å². The number of nitrogens with one attached hydrogen (secondary N) is 3. The molecule has 0 aliphatic heterocycles. The van der Waals surface area contributed by atoms with Crippen LogP contribution in [0.2, 0.25) is 5.02 Å². The van der Waals surface area contributed by atoms with Gasteiger partial charge in [0.25, 0.3) is 11.7 Å². The Bertz CT molecular complexity index is 1500. The van der Waals surface area contributed by atoms with Crippen molar-refractivity contribution in [2.24, 2.45) is 11.7 Å². The monoisotopic (exact) mass is 646 g/mol. The van der Waals surface area contributed by atoms with Gasteiger partial charge in [0.1, 0.15) is 17.8 Å². The molecule has 3 rings (SSSR count). The van der Waals surface area contributed by atoms with Crippen molar-refractivity contribution in [1.82, 2.24) is 16.0 Å². The van der Waals surface area contributed by atoms with Crippen LogP contribution in [0.1, 0.15) is 46.9 Å². The van der Waals surface area contributed by atoms with Crippen LogP contribution in [0.25, 0.3) is 0 Å². The molecule has 9 nitrogen and oxygen atoms in total. The normalized spacial score (nSPS) is 13.4. The molecule has 5 N–H and O–H groups in total. The molecule has 0 bridgehead atoms. The van der Waals surface area contributed by atoms with E-state index in [1.165, 1.54) is 45.2 Å². The number of halogens is 4. The number of nitrogens with two attached hydrogens (primary N) is 1. The predicted octanol–water partition coefficient (Wildman–Crippen LogP) is 4.28. The van der Waals surface area contributed by atoms with E-state index in [0.29, 0.717) is 16.3 Å². The zero-order chi connectivity index (χ0) is 33.3. The molecule has 3 aromatic carbocycles. The molecular formula is C32H34ClF3N4O5. The molecule has 0 aromatic heterocycles. The van der Waals surface area contributed by atoms with Gasteiger partial charge in [0.15, 0.2) is 0 Å². The minimum Gasteiger partial charge on any atom is -0.497 e. The first-order chi connectivity index (χ1) is 21.2. The lowest BCUT2D eigenvalue weighted by Crippen LogP contribution is -2.55. The molecular weight excluding hydrogens is 613 g/mol. The number of amides is 3. The predicted molar refractivity (Wildman–Crippen MR) is 162 cm³/mol. The highest BCUT2D eigenvalue weighted by Gasteiger charge is 2.45.